The van der Waals surface area contributed by atoms with Crippen molar-refractivity contribution in [1.29, 1.82) is 0 Å². The number of ether oxygens (including phenoxy) is 1. The normalized spacial score (nSPS) is 12.2. The van der Waals surface area contributed by atoms with Gasteiger partial charge in [-0.15, -0.1) is 0 Å². The monoisotopic (exact) mass is 296 g/mol. The van der Waals surface area contributed by atoms with E-state index in [1.807, 2.05) is 18.2 Å². The summed E-state index contributed by atoms with van der Waals surface area (Å²) in [6.45, 7) is 0. The second-order valence-corrected chi connectivity index (χ2v) is 5.01. The minimum Gasteiger partial charge on any atom is -0.496 e. The van der Waals surface area contributed by atoms with Gasteiger partial charge in [0.25, 0.3) is 0 Å². The topological polar surface area (TPSA) is 48.1 Å². The van der Waals surface area contributed by atoms with Crippen LogP contribution in [0.2, 0.25) is 10.0 Å². The quantitative estimate of drug-likeness (QED) is 0.937. The van der Waals surface area contributed by atoms with E-state index in [0.717, 1.165) is 16.9 Å². The van der Waals surface area contributed by atoms with Gasteiger partial charge in [-0.3, -0.25) is 4.98 Å². The van der Waals surface area contributed by atoms with Crippen molar-refractivity contribution in [2.75, 3.05) is 7.11 Å². The fourth-order valence-electron chi connectivity index (χ4n) is 1.91. The summed E-state index contributed by atoms with van der Waals surface area (Å²) in [6, 6.07) is 7.02. The van der Waals surface area contributed by atoms with Crippen molar-refractivity contribution in [2.24, 2.45) is 5.73 Å². The highest BCUT2D eigenvalue weighted by atomic mass is 35.5. The molecule has 0 fully saturated rings. The molecule has 100 valence electrons. The molecule has 0 bridgehead atoms. The van der Waals surface area contributed by atoms with Crippen molar-refractivity contribution >= 4 is 23.2 Å². The lowest BCUT2D eigenvalue weighted by atomic mass is 9.99. The number of rotatable bonds is 4. The number of pyridine rings is 1. The van der Waals surface area contributed by atoms with E-state index in [0.29, 0.717) is 16.5 Å². The van der Waals surface area contributed by atoms with Crippen LogP contribution in [0.15, 0.2) is 36.7 Å². The van der Waals surface area contributed by atoms with Crippen LogP contribution in [-0.4, -0.2) is 12.1 Å². The second kappa shape index (κ2) is 6.24. The van der Waals surface area contributed by atoms with Crippen LogP contribution in [0.3, 0.4) is 0 Å². The summed E-state index contributed by atoms with van der Waals surface area (Å²) < 4.78 is 5.31. The van der Waals surface area contributed by atoms with Crippen LogP contribution in [0, 0.1) is 0 Å². The van der Waals surface area contributed by atoms with Crippen molar-refractivity contribution in [3.05, 3.63) is 57.8 Å². The van der Waals surface area contributed by atoms with Crippen molar-refractivity contribution < 1.29 is 4.74 Å². The molecule has 1 atom stereocenters. The van der Waals surface area contributed by atoms with Crippen LogP contribution in [0.25, 0.3) is 0 Å². The number of hydrogen-bond donors (Lipinski definition) is 1. The van der Waals surface area contributed by atoms with Gasteiger partial charge in [0.15, 0.2) is 0 Å². The minimum atomic E-state index is -0.242. The Kier molecular flexibility index (Phi) is 4.64. The maximum absolute atomic E-state index is 6.22. The molecule has 3 nitrogen and oxygen atoms in total. The summed E-state index contributed by atoms with van der Waals surface area (Å²) in [6.07, 6.45) is 3.90. The first-order valence-electron chi connectivity index (χ1n) is 5.79. The zero-order chi connectivity index (χ0) is 13.8. The summed E-state index contributed by atoms with van der Waals surface area (Å²) in [5.74, 6) is 0.724. The number of nitrogens with two attached hydrogens (primary N) is 1. The van der Waals surface area contributed by atoms with Crippen LogP contribution in [0.5, 0.6) is 5.75 Å². The lowest BCUT2D eigenvalue weighted by Crippen LogP contribution is -2.14. The van der Waals surface area contributed by atoms with Crippen LogP contribution >= 0.6 is 23.2 Å². The summed E-state index contributed by atoms with van der Waals surface area (Å²) in [4.78, 5) is 3.95. The number of benzene rings is 1. The van der Waals surface area contributed by atoms with Crippen LogP contribution in [0.4, 0.5) is 0 Å². The van der Waals surface area contributed by atoms with Crippen LogP contribution in [-0.2, 0) is 6.42 Å². The standard InChI is InChI=1S/C14H14Cl2N2O/c1-19-14-3-2-10(15)7-11(14)13(17)6-9-4-5-18-8-12(9)16/h2-5,7-8,13H,6,17H2,1H3. The first kappa shape index (κ1) is 14.1. The molecule has 2 aromatic rings. The van der Waals surface area contributed by atoms with Gasteiger partial charge in [-0.05, 0) is 36.2 Å². The molecule has 0 saturated carbocycles. The van der Waals surface area contributed by atoms with Gasteiger partial charge in [0.2, 0.25) is 0 Å². The Morgan fingerprint density at radius 2 is 2.11 bits per heavy atom. The molecule has 0 spiro atoms. The highest BCUT2D eigenvalue weighted by molar-refractivity contribution is 6.31. The molecule has 5 heteroatoms. The van der Waals surface area contributed by atoms with Gasteiger partial charge in [-0.1, -0.05) is 23.2 Å². The number of aromatic nitrogens is 1. The minimum absolute atomic E-state index is 0.242. The zero-order valence-electron chi connectivity index (χ0n) is 10.4. The van der Waals surface area contributed by atoms with Gasteiger partial charge in [-0.25, -0.2) is 0 Å². The third-order valence-electron chi connectivity index (χ3n) is 2.89. The predicted octanol–water partition coefficient (Wildman–Crippen LogP) is 3.64. The van der Waals surface area contributed by atoms with E-state index in [-0.39, 0.29) is 6.04 Å². The molecule has 1 aromatic carbocycles. The molecule has 0 aliphatic carbocycles. The predicted molar refractivity (Wildman–Crippen MR) is 77.9 cm³/mol. The third kappa shape index (κ3) is 3.38. The van der Waals surface area contributed by atoms with Crippen molar-refractivity contribution in [3.8, 4) is 5.75 Å². The van der Waals surface area contributed by atoms with E-state index < -0.39 is 0 Å². The molecule has 2 N–H and O–H groups in total. The second-order valence-electron chi connectivity index (χ2n) is 4.16. The van der Waals surface area contributed by atoms with E-state index in [1.165, 1.54) is 0 Å². The molecule has 0 saturated heterocycles. The molecule has 0 aliphatic heterocycles. The van der Waals surface area contributed by atoms with Crippen molar-refractivity contribution in [3.63, 3.8) is 0 Å². The molecular formula is C14H14Cl2N2O. The maximum atomic E-state index is 6.22. The van der Waals surface area contributed by atoms with Gasteiger partial charge in [0.1, 0.15) is 5.75 Å². The average molecular weight is 297 g/mol. The Labute approximate surface area is 122 Å². The fourth-order valence-corrected chi connectivity index (χ4v) is 2.29. The molecule has 0 aliphatic rings. The Bertz CT molecular complexity index is 575. The first-order chi connectivity index (χ1) is 9.11. The van der Waals surface area contributed by atoms with Gasteiger partial charge < -0.3 is 10.5 Å². The largest absolute Gasteiger partial charge is 0.496 e. The van der Waals surface area contributed by atoms with E-state index in [2.05, 4.69) is 4.98 Å². The summed E-state index contributed by atoms with van der Waals surface area (Å²) >= 11 is 12.1. The Hall–Kier alpha value is -1.29. The number of methoxy groups -OCH3 is 1. The highest BCUT2D eigenvalue weighted by Crippen LogP contribution is 2.30. The Morgan fingerprint density at radius 3 is 2.79 bits per heavy atom. The molecule has 2 rings (SSSR count). The number of nitrogens with zero attached hydrogens (tertiary/aromatic N) is 1. The fraction of sp³-hybridized carbons (Fsp3) is 0.214. The Balaban J connectivity index is 2.27. The summed E-state index contributed by atoms with van der Waals surface area (Å²) in [7, 11) is 1.61. The SMILES string of the molecule is COc1ccc(Cl)cc1C(N)Cc1ccncc1Cl. The molecule has 19 heavy (non-hydrogen) atoms. The zero-order valence-corrected chi connectivity index (χ0v) is 11.9. The molecule has 1 unspecified atom stereocenters. The van der Waals surface area contributed by atoms with Crippen LogP contribution < -0.4 is 10.5 Å². The smallest absolute Gasteiger partial charge is 0.123 e. The molecule has 1 heterocycles. The van der Waals surface area contributed by atoms with Gasteiger partial charge in [0.05, 0.1) is 12.1 Å². The van der Waals surface area contributed by atoms with E-state index >= 15 is 0 Å². The molecule has 1 aromatic heterocycles. The van der Waals surface area contributed by atoms with Gasteiger partial charge in [0, 0.05) is 29.0 Å². The molecule has 0 amide bonds. The average Bonchev–Trinajstić information content (AvgIpc) is 2.41. The van der Waals surface area contributed by atoms with E-state index in [1.54, 1.807) is 25.6 Å². The molecular weight excluding hydrogens is 283 g/mol. The van der Waals surface area contributed by atoms with E-state index in [9.17, 15) is 0 Å². The van der Waals surface area contributed by atoms with Gasteiger partial charge >= 0.3 is 0 Å². The lowest BCUT2D eigenvalue weighted by Gasteiger charge is -2.16. The van der Waals surface area contributed by atoms with Gasteiger partial charge in [-0.2, -0.15) is 0 Å². The van der Waals surface area contributed by atoms with Crippen molar-refractivity contribution in [1.82, 2.24) is 4.98 Å². The lowest BCUT2D eigenvalue weighted by molar-refractivity contribution is 0.405. The Morgan fingerprint density at radius 1 is 1.32 bits per heavy atom. The number of hydrogen-bond acceptors (Lipinski definition) is 3. The highest BCUT2D eigenvalue weighted by Gasteiger charge is 2.14. The van der Waals surface area contributed by atoms with Crippen molar-refractivity contribution in [2.45, 2.75) is 12.5 Å². The first-order valence-corrected chi connectivity index (χ1v) is 6.55. The van der Waals surface area contributed by atoms with E-state index in [4.69, 9.17) is 33.7 Å². The maximum Gasteiger partial charge on any atom is 0.123 e. The summed E-state index contributed by atoms with van der Waals surface area (Å²) in [5.41, 5.74) is 8.04. The summed E-state index contributed by atoms with van der Waals surface area (Å²) in [5, 5.41) is 1.24. The molecule has 0 radical (unpaired) electrons. The third-order valence-corrected chi connectivity index (χ3v) is 3.46. The number of halogens is 2. The van der Waals surface area contributed by atoms with Crippen LogP contribution in [0.1, 0.15) is 17.2 Å².